The zero-order chi connectivity index (χ0) is 21.9. The van der Waals surface area contributed by atoms with Crippen LogP contribution >= 0.6 is 0 Å². The van der Waals surface area contributed by atoms with Crippen LogP contribution in [0.25, 0.3) is 11.0 Å². The lowest BCUT2D eigenvalue weighted by Gasteiger charge is -2.24. The third-order valence-electron chi connectivity index (χ3n) is 5.82. The fourth-order valence-electron chi connectivity index (χ4n) is 4.08. The number of hydrogen-bond acceptors (Lipinski definition) is 5. The summed E-state index contributed by atoms with van der Waals surface area (Å²) < 4.78 is 6.01. The van der Waals surface area contributed by atoms with Gasteiger partial charge >= 0.3 is 0 Å². The van der Waals surface area contributed by atoms with Gasteiger partial charge in [-0.2, -0.15) is 0 Å². The van der Waals surface area contributed by atoms with Gasteiger partial charge in [-0.3, -0.25) is 14.5 Å². The minimum atomic E-state index is -0.757. The zero-order valence-corrected chi connectivity index (χ0v) is 17.3. The van der Waals surface area contributed by atoms with Crippen LogP contribution in [0.4, 0.5) is 5.82 Å². The fourth-order valence-corrected chi connectivity index (χ4v) is 4.08. The van der Waals surface area contributed by atoms with Gasteiger partial charge in [-0.1, -0.05) is 18.2 Å². The van der Waals surface area contributed by atoms with Gasteiger partial charge in [-0.25, -0.2) is 4.98 Å². The molecule has 1 atom stereocenters. The van der Waals surface area contributed by atoms with Crippen LogP contribution in [0, 0.1) is 20.8 Å². The van der Waals surface area contributed by atoms with Crippen LogP contribution in [0.15, 0.2) is 63.9 Å². The van der Waals surface area contributed by atoms with Crippen molar-refractivity contribution in [3.63, 3.8) is 0 Å². The van der Waals surface area contributed by atoms with Crippen LogP contribution in [-0.2, 0) is 0 Å². The number of aromatic nitrogens is 1. The molecule has 0 saturated carbocycles. The number of fused-ring (bicyclic) bond motifs is 2. The molecule has 0 aliphatic carbocycles. The summed E-state index contributed by atoms with van der Waals surface area (Å²) in [6, 6.07) is 13.0. The Morgan fingerprint density at radius 3 is 2.48 bits per heavy atom. The Hall–Kier alpha value is -3.93. The molecule has 154 valence electrons. The SMILES string of the molecule is Cc1ccc(N2C(=O)c3oc4cc(C)c(C)cc4c(=O)c3[C@H]2c2cccc(O)c2)nc1. The fraction of sp³-hybridized carbons (Fsp3) is 0.160. The van der Waals surface area contributed by atoms with Crippen LogP contribution in [0.1, 0.15) is 44.4 Å². The summed E-state index contributed by atoms with van der Waals surface area (Å²) in [6.45, 7) is 5.77. The van der Waals surface area contributed by atoms with Crippen molar-refractivity contribution >= 4 is 22.7 Å². The Bertz CT molecular complexity index is 1420. The molecule has 0 bridgehead atoms. The molecule has 4 aromatic rings. The second-order valence-electron chi connectivity index (χ2n) is 7.97. The standard InChI is InChI=1S/C25H20N2O4/c1-13-7-8-20(26-12-13)27-22(16-5-4-6-17(28)11-16)21-23(29)18-9-14(2)15(3)10-19(18)31-24(21)25(27)30/h4-12,22,28H,1-3H3/t22-/m1/s1. The second-order valence-corrected chi connectivity index (χ2v) is 7.97. The summed E-state index contributed by atoms with van der Waals surface area (Å²) in [5, 5.41) is 10.5. The molecule has 1 aliphatic rings. The monoisotopic (exact) mass is 412 g/mol. The van der Waals surface area contributed by atoms with Gasteiger partial charge in [0.05, 0.1) is 17.0 Å². The Morgan fingerprint density at radius 2 is 1.77 bits per heavy atom. The van der Waals surface area contributed by atoms with Crippen LogP contribution < -0.4 is 10.3 Å². The van der Waals surface area contributed by atoms with Crippen molar-refractivity contribution in [1.29, 1.82) is 0 Å². The maximum atomic E-state index is 13.6. The van der Waals surface area contributed by atoms with E-state index in [0.29, 0.717) is 22.4 Å². The molecule has 1 N–H and O–H groups in total. The number of anilines is 1. The van der Waals surface area contributed by atoms with Gasteiger partial charge in [0, 0.05) is 6.20 Å². The number of pyridine rings is 1. The number of rotatable bonds is 2. The van der Waals surface area contributed by atoms with Gasteiger partial charge < -0.3 is 9.52 Å². The lowest BCUT2D eigenvalue weighted by molar-refractivity contribution is 0.0970. The molecule has 2 aromatic carbocycles. The Balaban J connectivity index is 1.83. The Morgan fingerprint density at radius 1 is 1.00 bits per heavy atom. The first kappa shape index (κ1) is 19.1. The summed E-state index contributed by atoms with van der Waals surface area (Å²) in [4.78, 5) is 33.0. The van der Waals surface area contributed by atoms with Crippen LogP contribution in [-0.4, -0.2) is 16.0 Å². The van der Waals surface area contributed by atoms with E-state index in [1.165, 1.54) is 4.90 Å². The number of phenolic OH excluding ortho intramolecular Hbond substituents is 1. The van der Waals surface area contributed by atoms with Crippen LogP contribution in [0.5, 0.6) is 5.75 Å². The predicted octanol–water partition coefficient (Wildman–Crippen LogP) is 4.57. The van der Waals surface area contributed by atoms with Crippen molar-refractivity contribution in [2.45, 2.75) is 26.8 Å². The summed E-state index contributed by atoms with van der Waals surface area (Å²) in [6.07, 6.45) is 1.67. The van der Waals surface area contributed by atoms with E-state index in [-0.39, 0.29) is 22.5 Å². The molecule has 0 fully saturated rings. The van der Waals surface area contributed by atoms with Crippen LogP contribution in [0.2, 0.25) is 0 Å². The Kier molecular flexibility index (Phi) is 4.18. The molecule has 6 heteroatoms. The molecule has 3 heterocycles. The predicted molar refractivity (Wildman–Crippen MR) is 118 cm³/mol. The number of phenols is 1. The van der Waals surface area contributed by atoms with Crippen molar-refractivity contribution in [3.8, 4) is 5.75 Å². The van der Waals surface area contributed by atoms with Crippen molar-refractivity contribution in [2.24, 2.45) is 0 Å². The lowest BCUT2D eigenvalue weighted by atomic mass is 9.97. The molecular weight excluding hydrogens is 392 g/mol. The molecule has 0 radical (unpaired) electrons. The highest BCUT2D eigenvalue weighted by Gasteiger charge is 2.44. The van der Waals surface area contributed by atoms with Gasteiger partial charge in [-0.05, 0) is 73.4 Å². The number of carbonyl (C=O) groups is 1. The maximum absolute atomic E-state index is 13.6. The van der Waals surface area contributed by atoms with Crippen molar-refractivity contribution < 1.29 is 14.3 Å². The quantitative estimate of drug-likeness (QED) is 0.521. The van der Waals surface area contributed by atoms with Crippen LogP contribution in [0.3, 0.4) is 0 Å². The van der Waals surface area contributed by atoms with Crippen molar-refractivity contribution in [1.82, 2.24) is 4.98 Å². The molecule has 5 rings (SSSR count). The highest BCUT2D eigenvalue weighted by molar-refractivity contribution is 6.10. The molecule has 31 heavy (non-hydrogen) atoms. The molecule has 0 unspecified atom stereocenters. The van der Waals surface area contributed by atoms with Crippen molar-refractivity contribution in [2.75, 3.05) is 4.90 Å². The van der Waals surface area contributed by atoms with E-state index in [1.807, 2.05) is 26.8 Å². The van der Waals surface area contributed by atoms with E-state index in [4.69, 9.17) is 4.42 Å². The average molecular weight is 412 g/mol. The Labute approximate surface area is 178 Å². The minimum Gasteiger partial charge on any atom is -0.508 e. The maximum Gasteiger partial charge on any atom is 0.296 e. The third kappa shape index (κ3) is 2.91. The van der Waals surface area contributed by atoms with E-state index in [1.54, 1.807) is 48.7 Å². The molecule has 6 nitrogen and oxygen atoms in total. The molecule has 1 aliphatic heterocycles. The number of benzene rings is 2. The highest BCUT2D eigenvalue weighted by atomic mass is 16.3. The van der Waals surface area contributed by atoms with E-state index in [0.717, 1.165) is 16.7 Å². The lowest BCUT2D eigenvalue weighted by Crippen LogP contribution is -2.30. The largest absolute Gasteiger partial charge is 0.508 e. The van der Waals surface area contributed by atoms with Gasteiger partial charge in [0.25, 0.3) is 5.91 Å². The summed E-state index contributed by atoms with van der Waals surface area (Å²) in [5.41, 5.74) is 3.88. The van der Waals surface area contributed by atoms with Gasteiger partial charge in [-0.15, -0.1) is 0 Å². The molecule has 0 saturated heterocycles. The first-order valence-electron chi connectivity index (χ1n) is 9.98. The highest BCUT2D eigenvalue weighted by Crippen LogP contribution is 2.41. The zero-order valence-electron chi connectivity index (χ0n) is 17.3. The van der Waals surface area contributed by atoms with Gasteiger partial charge in [0.2, 0.25) is 5.76 Å². The minimum absolute atomic E-state index is 0.0106. The summed E-state index contributed by atoms with van der Waals surface area (Å²) >= 11 is 0. The smallest absolute Gasteiger partial charge is 0.296 e. The third-order valence-corrected chi connectivity index (χ3v) is 5.82. The number of aromatic hydroxyl groups is 1. The normalized spacial score (nSPS) is 15.5. The van der Waals surface area contributed by atoms with E-state index in [2.05, 4.69) is 4.98 Å². The topological polar surface area (TPSA) is 83.6 Å². The average Bonchev–Trinajstić information content (AvgIpc) is 3.03. The summed E-state index contributed by atoms with van der Waals surface area (Å²) in [7, 11) is 0. The van der Waals surface area contributed by atoms with Crippen molar-refractivity contribution in [3.05, 3.63) is 98.5 Å². The van der Waals surface area contributed by atoms with Gasteiger partial charge in [0.15, 0.2) is 5.43 Å². The molecule has 2 aromatic heterocycles. The number of hydrogen-bond donors (Lipinski definition) is 1. The molecule has 1 amide bonds. The number of aryl methyl sites for hydroxylation is 3. The number of carbonyl (C=O) groups excluding carboxylic acids is 1. The van der Waals surface area contributed by atoms with E-state index in [9.17, 15) is 14.7 Å². The van der Waals surface area contributed by atoms with Gasteiger partial charge in [0.1, 0.15) is 17.2 Å². The molecule has 0 spiro atoms. The molecular formula is C25H20N2O4. The first-order valence-corrected chi connectivity index (χ1v) is 9.98. The number of amides is 1. The van der Waals surface area contributed by atoms with E-state index >= 15 is 0 Å². The number of nitrogens with zero attached hydrogens (tertiary/aromatic N) is 2. The van der Waals surface area contributed by atoms with E-state index < -0.39 is 11.9 Å². The summed E-state index contributed by atoms with van der Waals surface area (Å²) in [5.74, 6) is 0.0337. The second kappa shape index (κ2) is 6.80. The first-order chi connectivity index (χ1) is 14.8.